The number of hydrogen-bond donors (Lipinski definition) is 2. The molecule has 1 aliphatic heterocycles. The Bertz CT molecular complexity index is 1280. The molecule has 178 valence electrons. The summed E-state index contributed by atoms with van der Waals surface area (Å²) in [7, 11) is 0. The van der Waals surface area contributed by atoms with Crippen LogP contribution in [0.1, 0.15) is 41.3 Å². The third kappa shape index (κ3) is 4.68. The largest absolute Gasteiger partial charge is 0.325 e. The van der Waals surface area contributed by atoms with Gasteiger partial charge in [-0.05, 0) is 36.2 Å². The van der Waals surface area contributed by atoms with Crippen molar-refractivity contribution in [3.8, 4) is 0 Å². The van der Waals surface area contributed by atoms with Crippen molar-refractivity contribution in [2.75, 3.05) is 11.9 Å². The van der Waals surface area contributed by atoms with Crippen LogP contribution < -0.4 is 10.6 Å². The summed E-state index contributed by atoms with van der Waals surface area (Å²) in [6.07, 6.45) is 0.108. The number of imide groups is 1. The van der Waals surface area contributed by atoms with Gasteiger partial charge in [0.25, 0.3) is 5.91 Å². The first-order valence-electron chi connectivity index (χ1n) is 11.2. The average Bonchev–Trinajstić information content (AvgIpc) is 3.13. The number of nitrogens with one attached hydrogen (secondary N) is 2. The van der Waals surface area contributed by atoms with Gasteiger partial charge in [0.2, 0.25) is 5.91 Å². The lowest BCUT2D eigenvalue weighted by Crippen LogP contribution is -2.43. The zero-order valence-electron chi connectivity index (χ0n) is 19.1. The van der Waals surface area contributed by atoms with Crippen molar-refractivity contribution in [1.82, 2.24) is 10.2 Å². The molecule has 0 aliphatic carbocycles. The monoisotopic (exact) mass is 473 g/mol. The molecule has 0 spiro atoms. The smallest absolute Gasteiger partial charge is 0.325 e. The van der Waals surface area contributed by atoms with E-state index in [-0.39, 0.29) is 25.2 Å². The van der Waals surface area contributed by atoms with Crippen LogP contribution in [0.15, 0.2) is 78.9 Å². The molecule has 8 heteroatoms. The van der Waals surface area contributed by atoms with Crippen LogP contribution in [0.3, 0.4) is 0 Å². The highest BCUT2D eigenvalue weighted by atomic mass is 19.1. The fourth-order valence-electron chi connectivity index (χ4n) is 4.16. The number of carbonyl (C=O) groups is 4. The molecule has 35 heavy (non-hydrogen) atoms. The molecule has 4 amide bonds. The number of ketones is 1. The Hall–Kier alpha value is -4.33. The number of urea groups is 1. The Morgan fingerprint density at radius 2 is 1.60 bits per heavy atom. The Balaban J connectivity index is 1.45. The van der Waals surface area contributed by atoms with Crippen LogP contribution in [0.25, 0.3) is 0 Å². The summed E-state index contributed by atoms with van der Waals surface area (Å²) in [5, 5.41) is 5.42. The first kappa shape index (κ1) is 23.8. The van der Waals surface area contributed by atoms with Crippen LogP contribution in [-0.4, -0.2) is 35.1 Å². The van der Waals surface area contributed by atoms with E-state index in [1.165, 1.54) is 24.3 Å². The van der Waals surface area contributed by atoms with Gasteiger partial charge in [0.05, 0.1) is 5.69 Å². The number of anilines is 1. The molecule has 4 rings (SSSR count). The highest BCUT2D eigenvalue weighted by molar-refractivity contribution is 6.14. The summed E-state index contributed by atoms with van der Waals surface area (Å²) in [6.45, 7) is 1.60. The summed E-state index contributed by atoms with van der Waals surface area (Å²) >= 11 is 0. The minimum atomic E-state index is -1.31. The van der Waals surface area contributed by atoms with Crippen molar-refractivity contribution >= 4 is 29.3 Å². The first-order valence-corrected chi connectivity index (χ1v) is 11.2. The van der Waals surface area contributed by atoms with Gasteiger partial charge >= 0.3 is 6.03 Å². The van der Waals surface area contributed by atoms with E-state index < -0.39 is 29.2 Å². The van der Waals surface area contributed by atoms with Crippen LogP contribution in [0, 0.1) is 5.82 Å². The minimum Gasteiger partial charge on any atom is -0.325 e. The van der Waals surface area contributed by atoms with Gasteiger partial charge in [-0.15, -0.1) is 0 Å². The van der Waals surface area contributed by atoms with Gasteiger partial charge in [0, 0.05) is 24.1 Å². The molecular formula is C27H24FN3O4. The van der Waals surface area contributed by atoms with Gasteiger partial charge in [0.15, 0.2) is 5.78 Å². The second-order valence-corrected chi connectivity index (χ2v) is 8.19. The van der Waals surface area contributed by atoms with Gasteiger partial charge in [0.1, 0.15) is 11.4 Å². The second kappa shape index (κ2) is 9.89. The van der Waals surface area contributed by atoms with Gasteiger partial charge < -0.3 is 10.6 Å². The van der Waals surface area contributed by atoms with Crippen LogP contribution >= 0.6 is 0 Å². The maximum atomic E-state index is 13.4. The Kier molecular flexibility index (Phi) is 6.73. The molecule has 1 fully saturated rings. The quantitative estimate of drug-likeness (QED) is 0.378. The summed E-state index contributed by atoms with van der Waals surface area (Å²) < 4.78 is 13.4. The van der Waals surface area contributed by atoms with E-state index in [1.54, 1.807) is 55.5 Å². The van der Waals surface area contributed by atoms with Crippen molar-refractivity contribution in [2.24, 2.45) is 0 Å². The summed E-state index contributed by atoms with van der Waals surface area (Å²) in [5.74, 6) is -1.63. The lowest BCUT2D eigenvalue weighted by molar-refractivity contribution is -0.132. The molecule has 0 saturated carbocycles. The molecule has 1 saturated heterocycles. The summed E-state index contributed by atoms with van der Waals surface area (Å²) in [6, 6.07) is 20.2. The summed E-state index contributed by atoms with van der Waals surface area (Å²) in [5.41, 5.74) is 0.335. The van der Waals surface area contributed by atoms with Crippen molar-refractivity contribution < 1.29 is 23.6 Å². The van der Waals surface area contributed by atoms with E-state index in [1.807, 2.05) is 6.07 Å². The Morgan fingerprint density at radius 3 is 2.29 bits per heavy atom. The number of carbonyl (C=O) groups excluding carboxylic acids is 4. The average molecular weight is 474 g/mol. The van der Waals surface area contributed by atoms with E-state index in [4.69, 9.17) is 0 Å². The van der Waals surface area contributed by atoms with Gasteiger partial charge in [-0.25, -0.2) is 9.18 Å². The van der Waals surface area contributed by atoms with Gasteiger partial charge in [-0.2, -0.15) is 0 Å². The molecule has 0 aromatic heterocycles. The number of nitrogens with zero attached hydrogens (tertiary/aromatic N) is 1. The topological polar surface area (TPSA) is 95.6 Å². The van der Waals surface area contributed by atoms with Crippen molar-refractivity contribution in [1.29, 1.82) is 0 Å². The highest BCUT2D eigenvalue weighted by Gasteiger charge is 2.51. The van der Waals surface area contributed by atoms with Gasteiger partial charge in [-0.1, -0.05) is 61.5 Å². The van der Waals surface area contributed by atoms with Crippen LogP contribution in [0.2, 0.25) is 0 Å². The van der Waals surface area contributed by atoms with Crippen LogP contribution in [-0.2, 0) is 15.1 Å². The zero-order valence-corrected chi connectivity index (χ0v) is 19.1. The molecule has 0 bridgehead atoms. The van der Waals surface area contributed by atoms with E-state index in [9.17, 15) is 23.6 Å². The molecule has 0 radical (unpaired) electrons. The van der Waals surface area contributed by atoms with E-state index in [0.717, 1.165) is 4.90 Å². The molecule has 1 aliphatic rings. The zero-order chi connectivity index (χ0) is 25.0. The lowest BCUT2D eigenvalue weighted by Gasteiger charge is -2.25. The third-order valence-electron chi connectivity index (χ3n) is 6.09. The second-order valence-electron chi connectivity index (χ2n) is 8.19. The third-order valence-corrected chi connectivity index (χ3v) is 6.09. The molecule has 3 aromatic rings. The van der Waals surface area contributed by atoms with E-state index in [2.05, 4.69) is 10.6 Å². The number of benzene rings is 3. The van der Waals surface area contributed by atoms with Crippen molar-refractivity contribution in [3.63, 3.8) is 0 Å². The van der Waals surface area contributed by atoms with E-state index in [0.29, 0.717) is 22.4 Å². The molecular weight excluding hydrogens is 449 g/mol. The standard InChI is InChI=1S/C27H24FN3O4/c1-2-27(19-12-14-20(28)15-13-19)25(34)31(26(35)30-27)17-16-23(32)29-22-11-7-6-10-21(22)24(33)18-8-4-3-5-9-18/h3-15H,2,16-17H2,1H3,(H,29,32)(H,30,35). The molecule has 1 heterocycles. The Morgan fingerprint density at radius 1 is 0.943 bits per heavy atom. The van der Waals surface area contributed by atoms with Crippen molar-refractivity contribution in [2.45, 2.75) is 25.3 Å². The number of amides is 4. The lowest BCUT2D eigenvalue weighted by atomic mass is 9.87. The first-order chi connectivity index (χ1) is 16.9. The normalized spacial score (nSPS) is 17.3. The number of rotatable bonds is 8. The predicted molar refractivity (Wildman–Crippen MR) is 128 cm³/mol. The van der Waals surface area contributed by atoms with Crippen molar-refractivity contribution in [3.05, 3.63) is 101 Å². The Labute approximate surface area is 201 Å². The maximum Gasteiger partial charge on any atom is 0.325 e. The highest BCUT2D eigenvalue weighted by Crippen LogP contribution is 2.32. The fraction of sp³-hybridized carbons (Fsp3) is 0.185. The van der Waals surface area contributed by atoms with Crippen LogP contribution in [0.4, 0.5) is 14.9 Å². The molecule has 2 N–H and O–H groups in total. The minimum absolute atomic E-state index is 0.145. The number of halogens is 1. The predicted octanol–water partition coefficient (Wildman–Crippen LogP) is 4.24. The number of hydrogen-bond acceptors (Lipinski definition) is 4. The van der Waals surface area contributed by atoms with Gasteiger partial charge in [-0.3, -0.25) is 19.3 Å². The molecule has 1 unspecified atom stereocenters. The summed E-state index contributed by atoms with van der Waals surface area (Å²) in [4.78, 5) is 52.4. The molecule has 1 atom stereocenters. The van der Waals surface area contributed by atoms with Crippen LogP contribution in [0.5, 0.6) is 0 Å². The molecule has 3 aromatic carbocycles. The molecule has 7 nitrogen and oxygen atoms in total. The van der Waals surface area contributed by atoms with E-state index >= 15 is 0 Å². The SMILES string of the molecule is CCC1(c2ccc(F)cc2)NC(=O)N(CCC(=O)Nc2ccccc2C(=O)c2ccccc2)C1=O. The fourth-order valence-corrected chi connectivity index (χ4v) is 4.16. The maximum absolute atomic E-state index is 13.4. The number of para-hydroxylation sites is 1.